The van der Waals surface area contributed by atoms with E-state index in [1.165, 1.54) is 4.90 Å². The van der Waals surface area contributed by atoms with E-state index in [0.29, 0.717) is 22.5 Å². The number of amides is 2. The molecule has 0 aromatic heterocycles. The summed E-state index contributed by atoms with van der Waals surface area (Å²) in [6, 6.07) is 12.3. The van der Waals surface area contributed by atoms with Gasteiger partial charge in [0.1, 0.15) is 0 Å². The second-order valence-corrected chi connectivity index (χ2v) is 5.46. The largest absolute Gasteiger partial charge is 0.399 e. The molecule has 0 aliphatic carbocycles. The van der Waals surface area contributed by atoms with Gasteiger partial charge in [-0.15, -0.1) is 0 Å². The fraction of sp³-hybridized carbons (Fsp3) is 0.176. The average molecular weight is 280 g/mol. The highest BCUT2D eigenvalue weighted by Gasteiger charge is 2.37. The van der Waals surface area contributed by atoms with Crippen LogP contribution in [0.2, 0.25) is 0 Å². The summed E-state index contributed by atoms with van der Waals surface area (Å²) in [4.78, 5) is 26.4. The van der Waals surface area contributed by atoms with E-state index in [1.807, 2.05) is 32.0 Å². The molecule has 0 saturated carbocycles. The maximum atomic E-state index is 12.6. The molecule has 2 aromatic carbocycles. The zero-order chi connectivity index (χ0) is 15.1. The molecule has 0 radical (unpaired) electrons. The van der Waals surface area contributed by atoms with Gasteiger partial charge in [0.05, 0.1) is 16.8 Å². The van der Waals surface area contributed by atoms with E-state index < -0.39 is 0 Å². The van der Waals surface area contributed by atoms with Crippen molar-refractivity contribution in [2.45, 2.75) is 19.8 Å². The Kier molecular flexibility index (Phi) is 3.01. The highest BCUT2D eigenvalue weighted by atomic mass is 16.2. The van der Waals surface area contributed by atoms with Crippen molar-refractivity contribution in [1.82, 2.24) is 0 Å². The number of nitrogens with two attached hydrogens (primary N) is 1. The molecule has 1 heterocycles. The van der Waals surface area contributed by atoms with E-state index in [4.69, 9.17) is 5.73 Å². The Morgan fingerprint density at radius 2 is 1.62 bits per heavy atom. The highest BCUT2D eigenvalue weighted by Crippen LogP contribution is 2.34. The van der Waals surface area contributed by atoms with Crippen LogP contribution in [0.15, 0.2) is 42.5 Å². The number of carbonyl (C=O) groups is 2. The fourth-order valence-corrected chi connectivity index (χ4v) is 2.66. The minimum Gasteiger partial charge on any atom is -0.399 e. The number of hydrogen-bond donors (Lipinski definition) is 1. The molecule has 0 spiro atoms. The molecule has 4 heteroatoms. The van der Waals surface area contributed by atoms with Crippen molar-refractivity contribution in [3.05, 3.63) is 59.2 Å². The van der Waals surface area contributed by atoms with Gasteiger partial charge in [0.15, 0.2) is 0 Å². The minimum absolute atomic E-state index is 0.218. The first kappa shape index (κ1) is 13.4. The molecule has 21 heavy (non-hydrogen) atoms. The molecule has 2 amide bonds. The van der Waals surface area contributed by atoms with Crippen molar-refractivity contribution in [3.8, 4) is 0 Å². The Hall–Kier alpha value is -2.62. The summed E-state index contributed by atoms with van der Waals surface area (Å²) >= 11 is 0. The standard InChI is InChI=1S/C17H16N2O2/c1-10(2)12-5-3-4-6-15(12)19-16(20)13-8-7-11(18)9-14(13)17(19)21/h3-10H,18H2,1-2H3. The maximum Gasteiger partial charge on any atom is 0.266 e. The summed E-state index contributed by atoms with van der Waals surface area (Å²) in [7, 11) is 0. The number of nitrogens with zero attached hydrogens (tertiary/aromatic N) is 1. The molecule has 2 N–H and O–H groups in total. The lowest BCUT2D eigenvalue weighted by Crippen LogP contribution is -2.30. The van der Waals surface area contributed by atoms with Gasteiger partial charge >= 0.3 is 0 Å². The van der Waals surface area contributed by atoms with Gasteiger partial charge < -0.3 is 5.73 Å². The summed E-state index contributed by atoms with van der Waals surface area (Å²) in [5, 5.41) is 0. The van der Waals surface area contributed by atoms with E-state index in [2.05, 4.69) is 0 Å². The Balaban J connectivity index is 2.15. The first-order chi connectivity index (χ1) is 10.0. The third-order valence-corrected chi connectivity index (χ3v) is 3.71. The van der Waals surface area contributed by atoms with Crippen LogP contribution in [0.25, 0.3) is 0 Å². The number of imide groups is 1. The highest BCUT2D eigenvalue weighted by molar-refractivity contribution is 6.34. The average Bonchev–Trinajstić information content (AvgIpc) is 2.70. The molecular weight excluding hydrogens is 264 g/mol. The predicted octanol–water partition coefficient (Wildman–Crippen LogP) is 3.19. The van der Waals surface area contributed by atoms with E-state index in [1.54, 1.807) is 24.3 Å². The number of anilines is 2. The summed E-state index contributed by atoms with van der Waals surface area (Å²) in [6.45, 7) is 4.07. The van der Waals surface area contributed by atoms with E-state index >= 15 is 0 Å². The lowest BCUT2D eigenvalue weighted by atomic mass is 10.0. The number of carbonyl (C=O) groups excluding carboxylic acids is 2. The molecule has 0 unspecified atom stereocenters. The van der Waals surface area contributed by atoms with Crippen molar-refractivity contribution >= 4 is 23.2 Å². The second-order valence-electron chi connectivity index (χ2n) is 5.46. The van der Waals surface area contributed by atoms with Crippen molar-refractivity contribution in [2.75, 3.05) is 10.6 Å². The van der Waals surface area contributed by atoms with Crippen LogP contribution in [0.5, 0.6) is 0 Å². The van der Waals surface area contributed by atoms with Gasteiger partial charge in [-0.1, -0.05) is 32.0 Å². The Morgan fingerprint density at radius 1 is 0.952 bits per heavy atom. The number of nitrogen functional groups attached to an aromatic ring is 1. The number of benzene rings is 2. The molecular formula is C17H16N2O2. The van der Waals surface area contributed by atoms with Gasteiger partial charge in [-0.2, -0.15) is 0 Å². The first-order valence-electron chi connectivity index (χ1n) is 6.88. The summed E-state index contributed by atoms with van der Waals surface area (Å²) in [6.07, 6.45) is 0. The lowest BCUT2D eigenvalue weighted by molar-refractivity contribution is 0.0926. The molecule has 3 rings (SSSR count). The van der Waals surface area contributed by atoms with Crippen LogP contribution in [-0.2, 0) is 0 Å². The monoisotopic (exact) mass is 280 g/mol. The van der Waals surface area contributed by atoms with Gasteiger partial charge in [-0.05, 0) is 35.7 Å². The lowest BCUT2D eigenvalue weighted by Gasteiger charge is -2.20. The molecule has 1 aliphatic rings. The van der Waals surface area contributed by atoms with Crippen LogP contribution in [0.3, 0.4) is 0 Å². The molecule has 1 aliphatic heterocycles. The summed E-state index contributed by atoms with van der Waals surface area (Å²) in [5.74, 6) is -0.380. The van der Waals surface area contributed by atoms with Gasteiger partial charge in [0, 0.05) is 5.69 Å². The van der Waals surface area contributed by atoms with Gasteiger partial charge in [0.2, 0.25) is 0 Å². The van der Waals surface area contributed by atoms with Crippen molar-refractivity contribution in [3.63, 3.8) is 0 Å². The smallest absolute Gasteiger partial charge is 0.266 e. The van der Waals surface area contributed by atoms with Gasteiger partial charge in [-0.3, -0.25) is 9.59 Å². The SMILES string of the molecule is CC(C)c1ccccc1N1C(=O)c2ccc(N)cc2C1=O. The first-order valence-corrected chi connectivity index (χ1v) is 6.88. The molecule has 106 valence electrons. The summed E-state index contributed by atoms with van der Waals surface area (Å²) in [5.41, 5.74) is 8.61. The number of para-hydroxylation sites is 1. The zero-order valence-corrected chi connectivity index (χ0v) is 12.0. The molecule has 0 saturated heterocycles. The molecule has 2 aromatic rings. The quantitative estimate of drug-likeness (QED) is 0.678. The van der Waals surface area contributed by atoms with Crippen molar-refractivity contribution in [1.29, 1.82) is 0 Å². The van der Waals surface area contributed by atoms with Crippen LogP contribution in [0.1, 0.15) is 46.0 Å². The van der Waals surface area contributed by atoms with Gasteiger partial charge in [-0.25, -0.2) is 4.90 Å². The minimum atomic E-state index is -0.310. The number of rotatable bonds is 2. The number of hydrogen-bond acceptors (Lipinski definition) is 3. The Labute approximate surface area is 123 Å². The topological polar surface area (TPSA) is 63.4 Å². The maximum absolute atomic E-state index is 12.6. The van der Waals surface area contributed by atoms with Crippen LogP contribution in [0, 0.1) is 0 Å². The number of fused-ring (bicyclic) bond motifs is 1. The van der Waals surface area contributed by atoms with Crippen LogP contribution < -0.4 is 10.6 Å². The van der Waals surface area contributed by atoms with Crippen molar-refractivity contribution < 1.29 is 9.59 Å². The van der Waals surface area contributed by atoms with Crippen molar-refractivity contribution in [2.24, 2.45) is 0 Å². The Bertz CT molecular complexity index is 750. The predicted molar refractivity (Wildman–Crippen MR) is 82.5 cm³/mol. The van der Waals surface area contributed by atoms with Crippen LogP contribution >= 0.6 is 0 Å². The second kappa shape index (κ2) is 4.74. The zero-order valence-electron chi connectivity index (χ0n) is 12.0. The van der Waals surface area contributed by atoms with Gasteiger partial charge in [0.25, 0.3) is 11.8 Å². The van der Waals surface area contributed by atoms with Crippen LogP contribution in [0.4, 0.5) is 11.4 Å². The third-order valence-electron chi connectivity index (χ3n) is 3.71. The molecule has 0 fully saturated rings. The molecule has 0 atom stereocenters. The third kappa shape index (κ3) is 2.00. The van der Waals surface area contributed by atoms with Crippen LogP contribution in [-0.4, -0.2) is 11.8 Å². The van der Waals surface area contributed by atoms with E-state index in [0.717, 1.165) is 5.56 Å². The molecule has 4 nitrogen and oxygen atoms in total. The Morgan fingerprint density at radius 3 is 2.33 bits per heavy atom. The fourth-order valence-electron chi connectivity index (χ4n) is 2.66. The normalized spacial score (nSPS) is 14.0. The summed E-state index contributed by atoms with van der Waals surface area (Å²) < 4.78 is 0. The van der Waals surface area contributed by atoms with E-state index in [9.17, 15) is 9.59 Å². The molecule has 0 bridgehead atoms. The van der Waals surface area contributed by atoms with E-state index in [-0.39, 0.29) is 17.7 Å².